The minimum absolute atomic E-state index is 0. The number of Topliss-reactive ketones (excluding diaryl/α,β-unsaturated/α-hetero) is 1. The molecule has 1 saturated carbocycles. The number of carbonyl (C=O) groups excluding carboxylic acids is 1. The average Bonchev–Trinajstić information content (AvgIpc) is 3.47. The van der Waals surface area contributed by atoms with Gasteiger partial charge in [-0.1, -0.05) is 67.0 Å². The number of hydrogen-bond acceptors (Lipinski definition) is 7. The number of aromatic amines is 1. The van der Waals surface area contributed by atoms with Gasteiger partial charge in [0.15, 0.2) is 17.7 Å². The first-order valence-corrected chi connectivity index (χ1v) is 15.1. The van der Waals surface area contributed by atoms with Gasteiger partial charge < -0.3 is 4.74 Å². The van der Waals surface area contributed by atoms with Gasteiger partial charge in [-0.2, -0.15) is 0 Å². The van der Waals surface area contributed by atoms with Gasteiger partial charge in [-0.3, -0.25) is 23.7 Å². The Balaban J connectivity index is 0.00000400. The summed E-state index contributed by atoms with van der Waals surface area (Å²) < 4.78 is 12.3. The second-order valence-electron chi connectivity index (χ2n) is 11.2. The summed E-state index contributed by atoms with van der Waals surface area (Å²) in [5.74, 6) is 1.15. The topological polar surface area (TPSA) is 120 Å². The van der Waals surface area contributed by atoms with E-state index in [1.165, 1.54) is 0 Å². The maximum absolute atomic E-state index is 14.0. The summed E-state index contributed by atoms with van der Waals surface area (Å²) in [4.78, 5) is 45.3. The summed E-state index contributed by atoms with van der Waals surface area (Å²) >= 11 is 0. The molecule has 1 aliphatic rings. The van der Waals surface area contributed by atoms with Crippen molar-refractivity contribution in [1.82, 2.24) is 19.7 Å². The van der Waals surface area contributed by atoms with E-state index in [4.69, 9.17) is 14.2 Å². The number of nitrogens with one attached hydrogen (secondary N) is 1. The predicted octanol–water partition coefficient (Wildman–Crippen LogP) is 5.34. The van der Waals surface area contributed by atoms with Gasteiger partial charge in [-0.05, 0) is 73.6 Å². The molecule has 226 valence electrons. The van der Waals surface area contributed by atoms with Crippen molar-refractivity contribution >= 4 is 57.2 Å². The molecule has 9 nitrogen and oxygen atoms in total. The van der Waals surface area contributed by atoms with Crippen LogP contribution in [0.3, 0.4) is 0 Å². The molecule has 10 heteroatoms. The van der Waals surface area contributed by atoms with E-state index in [9.17, 15) is 14.4 Å². The van der Waals surface area contributed by atoms with Crippen molar-refractivity contribution in [3.63, 3.8) is 0 Å². The summed E-state index contributed by atoms with van der Waals surface area (Å²) in [6.07, 6.45) is 4.83. The molecule has 1 aliphatic carbocycles. The van der Waals surface area contributed by atoms with E-state index in [0.29, 0.717) is 47.9 Å². The molecule has 1 N–H and O–H groups in total. The minimum atomic E-state index is -0.606. The van der Waals surface area contributed by atoms with Crippen molar-refractivity contribution in [2.75, 3.05) is 0 Å². The van der Waals surface area contributed by atoms with Gasteiger partial charge in [0.2, 0.25) is 0 Å². The zero-order valence-electron chi connectivity index (χ0n) is 24.8. The Morgan fingerprint density at radius 1 is 0.956 bits per heavy atom. The van der Waals surface area contributed by atoms with E-state index < -0.39 is 11.9 Å². The summed E-state index contributed by atoms with van der Waals surface area (Å²) in [5.41, 5.74) is 5.65. The Kier molecular flexibility index (Phi) is 10.8. The van der Waals surface area contributed by atoms with Crippen molar-refractivity contribution in [3.8, 4) is 34.0 Å². The van der Waals surface area contributed by atoms with Gasteiger partial charge >= 0.3 is 57.1 Å². The summed E-state index contributed by atoms with van der Waals surface area (Å²) in [6, 6.07) is 23.0. The molecule has 5 aromatic rings. The Morgan fingerprint density at radius 2 is 1.69 bits per heavy atom. The number of rotatable bonds is 9. The van der Waals surface area contributed by atoms with Crippen molar-refractivity contribution < 1.29 is 14.1 Å². The number of hydrogen-bond donors (Lipinski definition) is 1. The molecule has 45 heavy (non-hydrogen) atoms. The van der Waals surface area contributed by atoms with Crippen LogP contribution < -0.4 is 16.1 Å². The number of carbonyl (C=O) groups is 1. The molecule has 1 unspecified atom stereocenters. The number of ketones is 1. The normalized spacial score (nSPS) is 14.6. The Labute approximate surface area is 303 Å². The molecule has 1 fully saturated rings. The molecule has 1 atom stereocenters. The predicted molar refractivity (Wildman–Crippen MR) is 174 cm³/mol. The van der Waals surface area contributed by atoms with Crippen LogP contribution in [-0.4, -0.2) is 83.0 Å². The standard InChI is InChI=1S/C35H34N4O5.K.H/c1-3-8-30-29(21-23-13-15-24(16-14-23)27-9-4-5-10-28(27)33-37-35(42)44-38-33)34(41)39(22(2)36-30)25-17-19-26(20-18-25)43-32-12-7-6-11-31(32)40;;/h4-5,9-10,13-20,32H,3,6-8,11-12,21H2,1-2H3,(H,37,38,42);;. The van der Waals surface area contributed by atoms with Crippen LogP contribution in [0.1, 0.15) is 61.7 Å². The van der Waals surface area contributed by atoms with E-state index in [-0.39, 0.29) is 62.7 Å². The van der Waals surface area contributed by atoms with Crippen molar-refractivity contribution in [2.45, 2.75) is 64.9 Å². The molecule has 0 aliphatic heterocycles. The number of aryl methyl sites for hydroxylation is 2. The van der Waals surface area contributed by atoms with E-state index in [0.717, 1.165) is 53.6 Å². The van der Waals surface area contributed by atoms with Crippen LogP contribution in [0.15, 0.2) is 86.9 Å². The van der Waals surface area contributed by atoms with Crippen LogP contribution in [-0.2, 0) is 17.6 Å². The third kappa shape index (κ3) is 7.36. The SMILES string of the molecule is CCCc1nc(C)n(-c2ccc(OC3CCCCC3=O)cc2)c(=O)c1Cc1ccc(-c2ccccc2-c2noc(=O)[nH]2)cc1.[KH]. The average molecular weight is 631 g/mol. The van der Waals surface area contributed by atoms with E-state index in [1.54, 1.807) is 4.57 Å². The van der Waals surface area contributed by atoms with Crippen LogP contribution >= 0.6 is 0 Å². The fourth-order valence-electron chi connectivity index (χ4n) is 5.85. The van der Waals surface area contributed by atoms with Crippen molar-refractivity contribution in [3.05, 3.63) is 116 Å². The first-order chi connectivity index (χ1) is 21.4. The third-order valence-electron chi connectivity index (χ3n) is 8.06. The molecule has 6 rings (SSSR count). The van der Waals surface area contributed by atoms with Crippen LogP contribution in [0.25, 0.3) is 28.2 Å². The van der Waals surface area contributed by atoms with Crippen LogP contribution in [0.4, 0.5) is 0 Å². The van der Waals surface area contributed by atoms with Gasteiger partial charge in [-0.15, -0.1) is 0 Å². The number of ether oxygens (including phenoxy) is 1. The molecular weight excluding hydrogens is 596 g/mol. The molecule has 0 radical (unpaired) electrons. The fraction of sp³-hybridized carbons (Fsp3) is 0.286. The van der Waals surface area contributed by atoms with Gasteiger partial charge in [0, 0.05) is 24.0 Å². The number of aromatic nitrogens is 4. The second kappa shape index (κ2) is 14.8. The third-order valence-corrected chi connectivity index (χ3v) is 8.06. The summed E-state index contributed by atoms with van der Waals surface area (Å²) in [7, 11) is 0. The molecule has 2 aromatic heterocycles. The number of nitrogens with zero attached hydrogens (tertiary/aromatic N) is 3. The molecule has 0 bridgehead atoms. The zero-order valence-corrected chi connectivity index (χ0v) is 24.8. The number of H-pyrrole nitrogens is 1. The first-order valence-electron chi connectivity index (χ1n) is 15.1. The fourth-order valence-corrected chi connectivity index (χ4v) is 5.85. The van der Waals surface area contributed by atoms with Crippen molar-refractivity contribution in [1.29, 1.82) is 0 Å². The Hall–Kier alpha value is -3.41. The summed E-state index contributed by atoms with van der Waals surface area (Å²) in [6.45, 7) is 3.93. The zero-order chi connectivity index (χ0) is 30.6. The molecule has 0 spiro atoms. The van der Waals surface area contributed by atoms with Crippen LogP contribution in [0.2, 0.25) is 0 Å². The molecule has 2 heterocycles. The summed E-state index contributed by atoms with van der Waals surface area (Å²) in [5, 5.41) is 3.85. The van der Waals surface area contributed by atoms with Crippen LogP contribution in [0.5, 0.6) is 5.75 Å². The van der Waals surface area contributed by atoms with Crippen molar-refractivity contribution in [2.24, 2.45) is 0 Å². The van der Waals surface area contributed by atoms with Gasteiger partial charge in [0.25, 0.3) is 5.56 Å². The first kappa shape index (κ1) is 33.0. The molecule has 0 saturated heterocycles. The maximum atomic E-state index is 14.0. The Morgan fingerprint density at radius 3 is 2.36 bits per heavy atom. The van der Waals surface area contributed by atoms with Gasteiger partial charge in [0.05, 0.1) is 11.4 Å². The van der Waals surface area contributed by atoms with E-state index in [2.05, 4.69) is 17.1 Å². The van der Waals surface area contributed by atoms with E-state index in [1.807, 2.05) is 79.7 Å². The second-order valence-corrected chi connectivity index (χ2v) is 11.2. The van der Waals surface area contributed by atoms with E-state index >= 15 is 0 Å². The van der Waals surface area contributed by atoms with Gasteiger partial charge in [-0.25, -0.2) is 9.78 Å². The quantitative estimate of drug-likeness (QED) is 0.219. The molecular formula is C35H35KN4O5. The van der Waals surface area contributed by atoms with Crippen LogP contribution in [0, 0.1) is 6.92 Å². The van der Waals surface area contributed by atoms with Gasteiger partial charge in [0.1, 0.15) is 11.6 Å². The molecule has 0 amide bonds. The number of benzene rings is 3. The molecule has 3 aromatic carbocycles. The monoisotopic (exact) mass is 630 g/mol. The Bertz CT molecular complexity index is 1910.